The highest BCUT2D eigenvalue weighted by Gasteiger charge is 2.29. The fourth-order valence-electron chi connectivity index (χ4n) is 2.48. The number of anilines is 1. The molecule has 8 nitrogen and oxygen atoms in total. The summed E-state index contributed by atoms with van der Waals surface area (Å²) in [5.74, 6) is 0.430. The lowest BCUT2D eigenvalue weighted by Crippen LogP contribution is -2.18. The summed E-state index contributed by atoms with van der Waals surface area (Å²) in [7, 11) is 1.28. The van der Waals surface area contributed by atoms with E-state index in [0.29, 0.717) is 5.82 Å². The average molecular weight is 292 g/mol. The number of methoxy groups -OCH3 is 1. The lowest BCUT2D eigenvalue weighted by Gasteiger charge is -2.13. The van der Waals surface area contributed by atoms with Crippen LogP contribution in [0.15, 0.2) is 18.5 Å². The number of carbonyl (C=O) groups is 1. The number of nitrogens with two attached hydrogens (primary N) is 1. The van der Waals surface area contributed by atoms with Crippen molar-refractivity contribution < 1.29 is 19.0 Å². The Kier molecular flexibility index (Phi) is 3.61. The third-order valence-corrected chi connectivity index (χ3v) is 3.50. The van der Waals surface area contributed by atoms with E-state index >= 15 is 0 Å². The molecular formula is C13H16N4O4. The van der Waals surface area contributed by atoms with E-state index in [1.54, 1.807) is 4.52 Å². The summed E-state index contributed by atoms with van der Waals surface area (Å²) in [6, 6.07) is 3.79. The van der Waals surface area contributed by atoms with Crippen LogP contribution in [0.3, 0.4) is 0 Å². The summed E-state index contributed by atoms with van der Waals surface area (Å²) < 4.78 is 17.0. The summed E-state index contributed by atoms with van der Waals surface area (Å²) >= 11 is 0. The first-order valence-corrected chi connectivity index (χ1v) is 6.63. The molecule has 112 valence electrons. The van der Waals surface area contributed by atoms with Crippen LogP contribution < -0.4 is 5.73 Å². The van der Waals surface area contributed by atoms with Crippen molar-refractivity contribution in [3.05, 3.63) is 24.2 Å². The van der Waals surface area contributed by atoms with Crippen molar-refractivity contribution in [1.29, 1.82) is 0 Å². The Morgan fingerprint density at radius 3 is 3.19 bits per heavy atom. The Bertz CT molecular complexity index is 657. The molecule has 0 bridgehead atoms. The molecule has 2 atom stereocenters. The fraction of sp³-hybridized carbons (Fsp3) is 0.462. The number of ether oxygens (including phenoxy) is 3. The largest absolute Gasteiger partial charge is 0.508 e. The molecule has 1 aliphatic rings. The number of hydrogen-bond acceptors (Lipinski definition) is 7. The summed E-state index contributed by atoms with van der Waals surface area (Å²) in [5.41, 5.74) is 7.48. The smallest absolute Gasteiger partial charge is 0.438 e. The molecule has 2 N–H and O–H groups in total. The highest BCUT2D eigenvalue weighted by Crippen LogP contribution is 2.33. The van der Waals surface area contributed by atoms with Gasteiger partial charge in [-0.05, 0) is 25.0 Å². The van der Waals surface area contributed by atoms with E-state index in [0.717, 1.165) is 24.1 Å². The molecule has 0 radical (unpaired) electrons. The predicted molar refractivity (Wildman–Crippen MR) is 72.6 cm³/mol. The summed E-state index contributed by atoms with van der Waals surface area (Å²) in [6.45, 7) is 0.184. The topological polar surface area (TPSA) is 101 Å². The molecule has 2 aromatic heterocycles. The van der Waals surface area contributed by atoms with Crippen LogP contribution in [0, 0.1) is 0 Å². The van der Waals surface area contributed by atoms with Crippen molar-refractivity contribution >= 4 is 17.5 Å². The first-order chi connectivity index (χ1) is 10.2. The van der Waals surface area contributed by atoms with Crippen LogP contribution in [0.5, 0.6) is 0 Å². The lowest BCUT2D eigenvalue weighted by atomic mass is 10.1. The molecule has 0 aliphatic carbocycles. The molecule has 1 fully saturated rings. The minimum Gasteiger partial charge on any atom is -0.438 e. The summed E-state index contributed by atoms with van der Waals surface area (Å²) in [4.78, 5) is 14.9. The average Bonchev–Trinajstić information content (AvgIpc) is 3.11. The minimum absolute atomic E-state index is 0.104. The van der Waals surface area contributed by atoms with Crippen molar-refractivity contribution in [3.63, 3.8) is 0 Å². The number of rotatable bonds is 3. The van der Waals surface area contributed by atoms with Gasteiger partial charge in [0.15, 0.2) is 5.82 Å². The first-order valence-electron chi connectivity index (χ1n) is 6.63. The van der Waals surface area contributed by atoms with E-state index in [2.05, 4.69) is 14.8 Å². The maximum absolute atomic E-state index is 11.0. The van der Waals surface area contributed by atoms with Gasteiger partial charge in [-0.2, -0.15) is 5.10 Å². The highest BCUT2D eigenvalue weighted by atomic mass is 16.7. The molecule has 8 heteroatoms. The van der Waals surface area contributed by atoms with E-state index < -0.39 is 6.16 Å². The second-order valence-corrected chi connectivity index (χ2v) is 4.79. The van der Waals surface area contributed by atoms with Gasteiger partial charge in [0.05, 0.1) is 18.9 Å². The second kappa shape index (κ2) is 5.57. The highest BCUT2D eigenvalue weighted by molar-refractivity contribution is 5.65. The van der Waals surface area contributed by atoms with Crippen LogP contribution in [-0.2, 0) is 14.2 Å². The van der Waals surface area contributed by atoms with Gasteiger partial charge in [0, 0.05) is 0 Å². The van der Waals surface area contributed by atoms with Crippen LogP contribution in [0.2, 0.25) is 0 Å². The number of hydrogen-bond donors (Lipinski definition) is 1. The molecule has 2 aromatic rings. The van der Waals surface area contributed by atoms with Gasteiger partial charge in [-0.15, -0.1) is 0 Å². The summed E-state index contributed by atoms with van der Waals surface area (Å²) in [6.07, 6.45) is 2.10. The molecular weight excluding hydrogens is 276 g/mol. The van der Waals surface area contributed by atoms with Gasteiger partial charge < -0.3 is 19.9 Å². The van der Waals surface area contributed by atoms with E-state index in [9.17, 15) is 4.79 Å². The van der Waals surface area contributed by atoms with Crippen molar-refractivity contribution in [1.82, 2.24) is 14.6 Å². The van der Waals surface area contributed by atoms with Gasteiger partial charge >= 0.3 is 6.16 Å². The summed E-state index contributed by atoms with van der Waals surface area (Å²) in [5, 5.41) is 4.20. The molecule has 1 saturated heterocycles. The Morgan fingerprint density at radius 2 is 2.38 bits per heavy atom. The SMILES string of the molecule is COC(=O)OCC1CCC(c2ccc3c(N)ncnn23)O1. The fourth-order valence-corrected chi connectivity index (χ4v) is 2.48. The Hall–Kier alpha value is -2.35. The number of aromatic nitrogens is 3. The van der Waals surface area contributed by atoms with Crippen molar-refractivity contribution in [2.75, 3.05) is 19.5 Å². The maximum atomic E-state index is 11.0. The third-order valence-electron chi connectivity index (χ3n) is 3.50. The molecule has 0 saturated carbocycles. The number of nitrogens with zero attached hydrogens (tertiary/aromatic N) is 3. The Morgan fingerprint density at radius 1 is 1.52 bits per heavy atom. The van der Waals surface area contributed by atoms with Crippen molar-refractivity contribution in [2.45, 2.75) is 25.0 Å². The number of carbonyl (C=O) groups excluding carboxylic acids is 1. The van der Waals surface area contributed by atoms with Crippen LogP contribution >= 0.6 is 0 Å². The van der Waals surface area contributed by atoms with Crippen molar-refractivity contribution in [2.24, 2.45) is 0 Å². The van der Waals surface area contributed by atoms with Crippen LogP contribution in [0.4, 0.5) is 10.6 Å². The van der Waals surface area contributed by atoms with Crippen LogP contribution in [0.1, 0.15) is 24.6 Å². The zero-order chi connectivity index (χ0) is 14.8. The molecule has 2 unspecified atom stereocenters. The molecule has 3 rings (SSSR count). The molecule has 3 heterocycles. The van der Waals surface area contributed by atoms with E-state index in [1.807, 2.05) is 12.1 Å². The van der Waals surface area contributed by atoms with Crippen molar-refractivity contribution in [3.8, 4) is 0 Å². The molecule has 0 spiro atoms. The zero-order valence-electron chi connectivity index (χ0n) is 11.6. The zero-order valence-corrected chi connectivity index (χ0v) is 11.6. The number of nitrogen functional groups attached to an aromatic ring is 1. The Labute approximate surface area is 120 Å². The van der Waals surface area contributed by atoms with Gasteiger partial charge in [-0.25, -0.2) is 14.3 Å². The van der Waals surface area contributed by atoms with Gasteiger partial charge in [0.2, 0.25) is 0 Å². The van der Waals surface area contributed by atoms with E-state index in [-0.39, 0.29) is 18.8 Å². The maximum Gasteiger partial charge on any atom is 0.508 e. The third kappa shape index (κ3) is 2.62. The molecule has 0 amide bonds. The van der Waals surface area contributed by atoms with Gasteiger partial charge in [0.25, 0.3) is 0 Å². The molecule has 0 aromatic carbocycles. The van der Waals surface area contributed by atoms with E-state index in [1.165, 1.54) is 13.4 Å². The normalized spacial score (nSPS) is 21.6. The predicted octanol–water partition coefficient (Wildman–Crippen LogP) is 1.31. The minimum atomic E-state index is -0.698. The van der Waals surface area contributed by atoms with Gasteiger partial charge in [-0.1, -0.05) is 0 Å². The number of fused-ring (bicyclic) bond motifs is 1. The van der Waals surface area contributed by atoms with E-state index in [4.69, 9.17) is 15.2 Å². The van der Waals surface area contributed by atoms with Crippen LogP contribution in [-0.4, -0.2) is 40.6 Å². The monoisotopic (exact) mass is 292 g/mol. The van der Waals surface area contributed by atoms with Gasteiger partial charge in [0.1, 0.15) is 24.6 Å². The second-order valence-electron chi connectivity index (χ2n) is 4.79. The van der Waals surface area contributed by atoms with Crippen LogP contribution in [0.25, 0.3) is 5.52 Å². The standard InChI is InChI=1S/C13H16N4O4/c1-19-13(18)20-6-8-2-5-11(21-8)9-3-4-10-12(14)15-7-16-17(9)10/h3-4,7-8,11H,2,5-6H2,1H3,(H2,14,15,16). The quantitative estimate of drug-likeness (QED) is 0.851. The molecule has 1 aliphatic heterocycles. The molecule has 21 heavy (non-hydrogen) atoms. The lowest BCUT2D eigenvalue weighted by molar-refractivity contribution is -0.0129. The Balaban J connectivity index is 1.70. The first kappa shape index (κ1) is 13.6. The van der Waals surface area contributed by atoms with Gasteiger partial charge in [-0.3, -0.25) is 0 Å².